The molecular formula is C30H39ClN4O5. The molecule has 0 bridgehead atoms. The van der Waals surface area contributed by atoms with Crippen molar-refractivity contribution in [3.63, 3.8) is 0 Å². The van der Waals surface area contributed by atoms with Gasteiger partial charge in [0.05, 0.1) is 10.7 Å². The van der Waals surface area contributed by atoms with Crippen LogP contribution >= 0.6 is 11.6 Å². The Labute approximate surface area is 240 Å². The summed E-state index contributed by atoms with van der Waals surface area (Å²) in [4.78, 5) is 54.1. The van der Waals surface area contributed by atoms with Gasteiger partial charge in [-0.15, -0.1) is 0 Å². The van der Waals surface area contributed by atoms with Crippen LogP contribution in [0.5, 0.6) is 0 Å². The Bertz CT molecular complexity index is 1270. The van der Waals surface area contributed by atoms with Gasteiger partial charge in [0.1, 0.15) is 17.7 Å². The number of nitrogens with two attached hydrogens (primary N) is 1. The molecule has 1 saturated carbocycles. The lowest BCUT2D eigenvalue weighted by Gasteiger charge is -2.35. The van der Waals surface area contributed by atoms with Crippen molar-refractivity contribution in [2.24, 2.45) is 5.73 Å². The number of carbonyl (C=O) groups excluding carboxylic acids is 4. The summed E-state index contributed by atoms with van der Waals surface area (Å²) in [6, 6.07) is 8.55. The Morgan fingerprint density at radius 1 is 1.05 bits per heavy atom. The van der Waals surface area contributed by atoms with Crippen molar-refractivity contribution in [1.82, 2.24) is 10.2 Å². The second-order valence-electron chi connectivity index (χ2n) is 11.3. The molecule has 9 nitrogen and oxygen atoms in total. The topological polar surface area (TPSA) is 131 Å². The SMILES string of the molecule is Cc1ccc(C(C(=O)Nc2c(C)cccc2Cl)N(C(=O)C(CCC(N)=O)NC(=O)OC(C)(C)C)C2CC2)cc1C. The van der Waals surface area contributed by atoms with E-state index in [4.69, 9.17) is 22.1 Å². The van der Waals surface area contributed by atoms with Crippen molar-refractivity contribution < 1.29 is 23.9 Å². The highest BCUT2D eigenvalue weighted by Crippen LogP contribution is 2.37. The molecule has 0 spiro atoms. The first-order valence-electron chi connectivity index (χ1n) is 13.4. The predicted molar refractivity (Wildman–Crippen MR) is 155 cm³/mol. The number of halogens is 1. The lowest BCUT2D eigenvalue weighted by atomic mass is 9.97. The van der Waals surface area contributed by atoms with Crippen molar-refractivity contribution in [2.75, 3.05) is 5.32 Å². The lowest BCUT2D eigenvalue weighted by molar-refractivity contribution is -0.141. The fourth-order valence-electron chi connectivity index (χ4n) is 4.40. The maximum atomic E-state index is 14.2. The molecule has 2 aromatic carbocycles. The average Bonchev–Trinajstić information content (AvgIpc) is 3.68. The Balaban J connectivity index is 2.05. The van der Waals surface area contributed by atoms with Crippen LogP contribution in [0.25, 0.3) is 0 Å². The summed E-state index contributed by atoms with van der Waals surface area (Å²) in [6.07, 6.45) is 0.414. The van der Waals surface area contributed by atoms with Gasteiger partial charge in [0.25, 0.3) is 5.91 Å². The lowest BCUT2D eigenvalue weighted by Crippen LogP contribution is -2.53. The van der Waals surface area contributed by atoms with E-state index in [2.05, 4.69) is 10.6 Å². The van der Waals surface area contributed by atoms with Gasteiger partial charge < -0.3 is 26.0 Å². The number of ether oxygens (including phenoxy) is 1. The Hall–Kier alpha value is -3.59. The summed E-state index contributed by atoms with van der Waals surface area (Å²) in [5.41, 5.74) is 8.44. The number of amides is 4. The van der Waals surface area contributed by atoms with E-state index in [-0.39, 0.29) is 18.9 Å². The van der Waals surface area contributed by atoms with E-state index in [9.17, 15) is 19.2 Å². The molecule has 1 aliphatic rings. The largest absolute Gasteiger partial charge is 0.444 e. The number of carbonyl (C=O) groups is 4. The molecule has 2 aromatic rings. The van der Waals surface area contributed by atoms with Crippen molar-refractivity contribution in [2.45, 2.75) is 91.0 Å². The molecular weight excluding hydrogens is 532 g/mol. The van der Waals surface area contributed by atoms with Gasteiger partial charge in [0.2, 0.25) is 11.8 Å². The van der Waals surface area contributed by atoms with Crippen molar-refractivity contribution in [1.29, 1.82) is 0 Å². The van der Waals surface area contributed by atoms with E-state index in [0.717, 1.165) is 16.7 Å². The first-order chi connectivity index (χ1) is 18.7. The number of para-hydroxylation sites is 1. The smallest absolute Gasteiger partial charge is 0.408 e. The number of nitrogens with zero attached hydrogens (tertiary/aromatic N) is 1. The summed E-state index contributed by atoms with van der Waals surface area (Å²) in [5.74, 6) is -1.55. The molecule has 0 radical (unpaired) electrons. The maximum absolute atomic E-state index is 14.2. The van der Waals surface area contributed by atoms with Gasteiger partial charge in [0.15, 0.2) is 0 Å². The summed E-state index contributed by atoms with van der Waals surface area (Å²) in [7, 11) is 0. The minimum absolute atomic E-state index is 0.0402. The number of primary amides is 1. The molecule has 3 rings (SSSR count). The molecule has 2 unspecified atom stereocenters. The van der Waals surface area contributed by atoms with Gasteiger partial charge >= 0.3 is 6.09 Å². The molecule has 0 aromatic heterocycles. The van der Waals surface area contributed by atoms with Crippen LogP contribution in [0.15, 0.2) is 36.4 Å². The van der Waals surface area contributed by atoms with Crippen LogP contribution in [0, 0.1) is 20.8 Å². The highest BCUT2D eigenvalue weighted by atomic mass is 35.5. The minimum Gasteiger partial charge on any atom is -0.444 e. The molecule has 0 heterocycles. The Morgan fingerprint density at radius 3 is 2.27 bits per heavy atom. The highest BCUT2D eigenvalue weighted by Gasteiger charge is 2.44. The fourth-order valence-corrected chi connectivity index (χ4v) is 4.67. The first-order valence-corrected chi connectivity index (χ1v) is 13.8. The fraction of sp³-hybridized carbons (Fsp3) is 0.467. The quantitative estimate of drug-likeness (QED) is 0.366. The number of aryl methyl sites for hydroxylation is 3. The van der Waals surface area contributed by atoms with Crippen molar-refractivity contribution >= 4 is 41.1 Å². The number of anilines is 1. The number of hydrogen-bond donors (Lipinski definition) is 3. The van der Waals surface area contributed by atoms with Crippen LogP contribution in [0.3, 0.4) is 0 Å². The van der Waals surface area contributed by atoms with E-state index in [1.54, 1.807) is 32.9 Å². The second kappa shape index (κ2) is 12.7. The van der Waals surface area contributed by atoms with Gasteiger partial charge in [0, 0.05) is 12.5 Å². The van der Waals surface area contributed by atoms with Gasteiger partial charge in [-0.1, -0.05) is 41.9 Å². The summed E-state index contributed by atoms with van der Waals surface area (Å²) in [5, 5.41) is 5.93. The normalized spacial score (nSPS) is 14.6. The van der Waals surface area contributed by atoms with E-state index in [1.165, 1.54) is 4.90 Å². The number of benzene rings is 2. The zero-order valence-corrected chi connectivity index (χ0v) is 24.7. The molecule has 216 valence electrons. The number of alkyl carbamates (subject to hydrolysis) is 1. The van der Waals surface area contributed by atoms with Gasteiger partial charge in [-0.25, -0.2) is 4.79 Å². The van der Waals surface area contributed by atoms with Gasteiger partial charge in [-0.05, 0) is 89.1 Å². The van der Waals surface area contributed by atoms with Gasteiger partial charge in [-0.3, -0.25) is 14.4 Å². The third-order valence-electron chi connectivity index (χ3n) is 6.71. The second-order valence-corrected chi connectivity index (χ2v) is 11.8. The number of hydrogen-bond acceptors (Lipinski definition) is 5. The first kappa shape index (κ1) is 30.9. The van der Waals surface area contributed by atoms with Crippen molar-refractivity contribution in [3.8, 4) is 0 Å². The third kappa shape index (κ3) is 8.21. The monoisotopic (exact) mass is 570 g/mol. The molecule has 0 saturated heterocycles. The molecule has 40 heavy (non-hydrogen) atoms. The molecule has 1 fully saturated rings. The molecule has 4 N–H and O–H groups in total. The Kier molecular flexibility index (Phi) is 9.84. The zero-order chi connectivity index (χ0) is 29.8. The van der Waals surface area contributed by atoms with E-state index >= 15 is 0 Å². The van der Waals surface area contributed by atoms with Crippen LogP contribution < -0.4 is 16.4 Å². The van der Waals surface area contributed by atoms with E-state index in [1.807, 2.05) is 45.0 Å². The van der Waals surface area contributed by atoms with Gasteiger partial charge in [-0.2, -0.15) is 0 Å². The Morgan fingerprint density at radius 2 is 1.73 bits per heavy atom. The summed E-state index contributed by atoms with van der Waals surface area (Å²) < 4.78 is 5.38. The standard InChI is InChI=1S/C30H39ClN4O5/c1-17-10-11-20(16-19(17)3)26(27(37)34-25-18(2)8-7-9-22(25)31)35(21-12-13-21)28(38)23(14-15-24(32)36)33-29(39)40-30(4,5)6/h7-11,16,21,23,26H,12-15H2,1-6H3,(H2,32,36)(H,33,39)(H,34,37). The third-order valence-corrected chi connectivity index (χ3v) is 7.02. The predicted octanol–water partition coefficient (Wildman–Crippen LogP) is 5.09. The molecule has 1 aliphatic carbocycles. The minimum atomic E-state index is -1.13. The van der Waals surface area contributed by atoms with E-state index < -0.39 is 41.5 Å². The molecule has 10 heteroatoms. The number of nitrogens with one attached hydrogen (secondary N) is 2. The number of rotatable bonds is 10. The molecule has 0 aliphatic heterocycles. The van der Waals surface area contributed by atoms with Crippen LogP contribution in [0.4, 0.5) is 10.5 Å². The molecule has 2 atom stereocenters. The summed E-state index contributed by atoms with van der Waals surface area (Å²) >= 11 is 6.42. The average molecular weight is 571 g/mol. The van der Waals surface area contributed by atoms with Crippen LogP contribution in [0.2, 0.25) is 5.02 Å². The maximum Gasteiger partial charge on any atom is 0.408 e. The van der Waals surface area contributed by atoms with Crippen molar-refractivity contribution in [3.05, 3.63) is 63.7 Å². The van der Waals surface area contributed by atoms with E-state index in [0.29, 0.717) is 29.1 Å². The van der Waals surface area contributed by atoms with Crippen LogP contribution in [-0.4, -0.2) is 46.4 Å². The molecule has 4 amide bonds. The summed E-state index contributed by atoms with van der Waals surface area (Å²) in [6.45, 7) is 10.9. The van der Waals surface area contributed by atoms with Crippen LogP contribution in [-0.2, 0) is 19.1 Å². The highest BCUT2D eigenvalue weighted by molar-refractivity contribution is 6.34. The zero-order valence-electron chi connectivity index (χ0n) is 24.0. The van der Waals surface area contributed by atoms with Crippen LogP contribution in [0.1, 0.15) is 74.8 Å².